The Kier molecular flexibility index (Phi) is 6.57. The summed E-state index contributed by atoms with van der Waals surface area (Å²) < 4.78 is 2.10. The normalized spacial score (nSPS) is 17.4. The molecular weight excluding hydrogens is 408 g/mol. The zero-order chi connectivity index (χ0) is 22.7. The number of carbonyl (C=O) groups is 1. The summed E-state index contributed by atoms with van der Waals surface area (Å²) >= 11 is 0. The molecule has 0 radical (unpaired) electrons. The third-order valence-corrected chi connectivity index (χ3v) is 6.30. The Morgan fingerprint density at radius 3 is 2.56 bits per heavy atom. The second kappa shape index (κ2) is 9.38. The van der Waals surface area contributed by atoms with E-state index in [2.05, 4.69) is 26.6 Å². The van der Waals surface area contributed by atoms with Crippen molar-refractivity contribution in [2.24, 2.45) is 0 Å². The monoisotopic (exact) mass is 438 g/mol. The number of hydrogen-bond donors (Lipinski definition) is 4. The molecule has 1 atom stereocenters. The van der Waals surface area contributed by atoms with Crippen LogP contribution in [0.5, 0.6) is 0 Å². The average molecular weight is 439 g/mol. The van der Waals surface area contributed by atoms with E-state index in [-0.39, 0.29) is 6.61 Å². The highest BCUT2D eigenvalue weighted by Crippen LogP contribution is 2.33. The topological polar surface area (TPSA) is 111 Å². The van der Waals surface area contributed by atoms with E-state index in [9.17, 15) is 15.0 Å². The van der Waals surface area contributed by atoms with Crippen LogP contribution in [0.1, 0.15) is 47.2 Å². The maximum Gasteiger partial charge on any atom is 0.274 e. The Hall–Kier alpha value is -2.78. The van der Waals surface area contributed by atoms with E-state index in [0.717, 1.165) is 42.5 Å². The van der Waals surface area contributed by atoms with E-state index in [1.54, 1.807) is 24.5 Å². The number of aliphatic hydroxyl groups excluding tert-OH is 1. The molecule has 1 amide bonds. The van der Waals surface area contributed by atoms with Crippen LogP contribution in [-0.2, 0) is 6.54 Å². The van der Waals surface area contributed by atoms with E-state index in [1.165, 1.54) is 5.56 Å². The van der Waals surface area contributed by atoms with Crippen LogP contribution in [0.15, 0.2) is 48.8 Å². The van der Waals surface area contributed by atoms with Gasteiger partial charge in [0, 0.05) is 36.4 Å². The van der Waals surface area contributed by atoms with Crippen molar-refractivity contribution in [3.63, 3.8) is 0 Å². The van der Waals surface area contributed by atoms with E-state index >= 15 is 0 Å². The number of fused-ring (bicyclic) bond motifs is 1. The number of likely N-dealkylation sites (tertiary alicyclic amines) is 1. The molecule has 1 aliphatic rings. The lowest BCUT2D eigenvalue weighted by atomic mass is 9.88. The minimum atomic E-state index is -1.06. The number of hydrogen-bond acceptors (Lipinski definition) is 6. The molecule has 1 aliphatic heterocycles. The van der Waals surface area contributed by atoms with Crippen LogP contribution in [0, 0.1) is 0 Å². The quantitative estimate of drug-likeness (QED) is 0.332. The number of rotatable bonds is 7. The molecule has 0 aliphatic carbocycles. The first kappa shape index (κ1) is 22.4. The first-order valence-electron chi connectivity index (χ1n) is 10.9. The molecule has 3 heterocycles. The predicted molar refractivity (Wildman–Crippen MR) is 121 cm³/mol. The average Bonchev–Trinajstić information content (AvgIpc) is 3.22. The Morgan fingerprint density at radius 2 is 1.91 bits per heavy atom. The molecule has 170 valence electrons. The standard InChI is InChI=1S/C24H30N4O4/c1-24(31,16-29)15-27-11-7-18(8-12-27)20-6-10-25-22-21(20)9-13-28(22)14-17-2-4-19(5-3-17)23(30)26-32/h2-6,9-10,13,18,29,31-32H,7-8,11-12,14-16H2,1H3,(H,26,30). The zero-order valence-corrected chi connectivity index (χ0v) is 18.2. The smallest absolute Gasteiger partial charge is 0.274 e. The highest BCUT2D eigenvalue weighted by atomic mass is 16.5. The van der Waals surface area contributed by atoms with Crippen molar-refractivity contribution in [1.82, 2.24) is 19.9 Å². The first-order chi connectivity index (χ1) is 15.4. The number of pyridine rings is 1. The number of piperidine rings is 1. The minimum absolute atomic E-state index is 0.233. The molecule has 1 aromatic carbocycles. The fourth-order valence-corrected chi connectivity index (χ4v) is 4.55. The number of nitrogens with one attached hydrogen (secondary N) is 1. The SMILES string of the molecule is CC(O)(CO)CN1CCC(c2ccnc3c2ccn3Cc2ccc(C(=O)NO)cc2)CC1. The Labute approximate surface area is 187 Å². The molecule has 2 aromatic heterocycles. The minimum Gasteiger partial charge on any atom is -0.393 e. The number of benzene rings is 1. The van der Waals surface area contributed by atoms with Crippen LogP contribution in [-0.4, -0.2) is 67.6 Å². The molecule has 32 heavy (non-hydrogen) atoms. The maximum atomic E-state index is 11.5. The van der Waals surface area contributed by atoms with Crippen molar-refractivity contribution in [3.8, 4) is 0 Å². The lowest BCUT2D eigenvalue weighted by Crippen LogP contribution is -2.46. The van der Waals surface area contributed by atoms with Gasteiger partial charge < -0.3 is 19.7 Å². The highest BCUT2D eigenvalue weighted by Gasteiger charge is 2.28. The van der Waals surface area contributed by atoms with Gasteiger partial charge in [0.05, 0.1) is 12.2 Å². The molecule has 4 N–H and O–H groups in total. The molecule has 4 rings (SSSR count). The highest BCUT2D eigenvalue weighted by molar-refractivity contribution is 5.93. The molecule has 0 bridgehead atoms. The van der Waals surface area contributed by atoms with Gasteiger partial charge in [0.25, 0.3) is 5.91 Å². The number of amides is 1. The molecular formula is C24H30N4O4. The Bertz CT molecular complexity index is 1070. The summed E-state index contributed by atoms with van der Waals surface area (Å²) in [7, 11) is 0. The summed E-state index contributed by atoms with van der Waals surface area (Å²) in [5.74, 6) is -0.0942. The molecule has 3 aromatic rings. The van der Waals surface area contributed by atoms with Gasteiger partial charge >= 0.3 is 0 Å². The second-order valence-corrected chi connectivity index (χ2v) is 8.92. The van der Waals surface area contributed by atoms with Crippen molar-refractivity contribution in [1.29, 1.82) is 0 Å². The molecule has 1 saturated heterocycles. The lowest BCUT2D eigenvalue weighted by molar-refractivity contribution is -0.0296. The van der Waals surface area contributed by atoms with Crippen molar-refractivity contribution < 1.29 is 20.2 Å². The number of aliphatic hydroxyl groups is 2. The largest absolute Gasteiger partial charge is 0.393 e. The molecule has 8 nitrogen and oxygen atoms in total. The van der Waals surface area contributed by atoms with E-state index in [4.69, 9.17) is 5.21 Å². The first-order valence-corrected chi connectivity index (χ1v) is 10.9. The number of carbonyl (C=O) groups excluding carboxylic acids is 1. The lowest BCUT2D eigenvalue weighted by Gasteiger charge is -2.36. The summed E-state index contributed by atoms with van der Waals surface area (Å²) in [6.07, 6.45) is 5.91. The number of aromatic nitrogens is 2. The van der Waals surface area contributed by atoms with E-state index in [0.29, 0.717) is 24.6 Å². The van der Waals surface area contributed by atoms with Crippen molar-refractivity contribution in [2.75, 3.05) is 26.2 Å². The third kappa shape index (κ3) is 4.83. The van der Waals surface area contributed by atoms with E-state index < -0.39 is 11.5 Å². The number of nitrogens with zero attached hydrogens (tertiary/aromatic N) is 3. The van der Waals surface area contributed by atoms with Crippen LogP contribution in [0.2, 0.25) is 0 Å². The second-order valence-electron chi connectivity index (χ2n) is 8.92. The van der Waals surface area contributed by atoms with Gasteiger partial charge in [-0.05, 0) is 74.2 Å². The number of hydroxylamine groups is 1. The predicted octanol–water partition coefficient (Wildman–Crippen LogP) is 2.13. The van der Waals surface area contributed by atoms with Crippen molar-refractivity contribution in [2.45, 2.75) is 37.8 Å². The molecule has 1 unspecified atom stereocenters. The fraction of sp³-hybridized carbons (Fsp3) is 0.417. The van der Waals surface area contributed by atoms with Crippen LogP contribution in [0.4, 0.5) is 0 Å². The van der Waals surface area contributed by atoms with Gasteiger partial charge in [-0.15, -0.1) is 0 Å². The van der Waals surface area contributed by atoms with Crippen LogP contribution < -0.4 is 5.48 Å². The summed E-state index contributed by atoms with van der Waals surface area (Å²) in [4.78, 5) is 18.3. The van der Waals surface area contributed by atoms with Gasteiger partial charge in [-0.3, -0.25) is 10.0 Å². The fourth-order valence-electron chi connectivity index (χ4n) is 4.55. The van der Waals surface area contributed by atoms with Crippen molar-refractivity contribution >= 4 is 16.9 Å². The Balaban J connectivity index is 1.47. The molecule has 0 spiro atoms. The van der Waals surface area contributed by atoms with Gasteiger partial charge in [0.2, 0.25) is 0 Å². The summed E-state index contributed by atoms with van der Waals surface area (Å²) in [6, 6.07) is 11.3. The van der Waals surface area contributed by atoms with Gasteiger partial charge in [0.1, 0.15) is 5.65 Å². The molecule has 8 heteroatoms. The van der Waals surface area contributed by atoms with E-state index in [1.807, 2.05) is 24.5 Å². The van der Waals surface area contributed by atoms with Crippen LogP contribution in [0.3, 0.4) is 0 Å². The Morgan fingerprint density at radius 1 is 1.19 bits per heavy atom. The maximum absolute atomic E-state index is 11.5. The zero-order valence-electron chi connectivity index (χ0n) is 18.2. The van der Waals surface area contributed by atoms with Gasteiger partial charge in [-0.1, -0.05) is 12.1 Å². The molecule has 1 fully saturated rings. The summed E-state index contributed by atoms with van der Waals surface area (Å²) in [6.45, 7) is 4.33. The molecule has 0 saturated carbocycles. The summed E-state index contributed by atoms with van der Waals surface area (Å²) in [5.41, 5.74) is 4.26. The van der Waals surface area contributed by atoms with Gasteiger partial charge in [0.15, 0.2) is 0 Å². The van der Waals surface area contributed by atoms with Gasteiger partial charge in [-0.25, -0.2) is 10.5 Å². The van der Waals surface area contributed by atoms with Crippen molar-refractivity contribution in [3.05, 3.63) is 65.5 Å². The van der Waals surface area contributed by atoms with Gasteiger partial charge in [-0.2, -0.15) is 0 Å². The number of β-amino-alcohol motifs (C(OH)–C–C–N with tert-alkyl or cyclic N) is 1. The van der Waals surface area contributed by atoms with Crippen LogP contribution >= 0.6 is 0 Å². The van der Waals surface area contributed by atoms with Crippen LogP contribution in [0.25, 0.3) is 11.0 Å². The summed E-state index contributed by atoms with van der Waals surface area (Å²) in [5, 5.41) is 29.4. The third-order valence-electron chi connectivity index (χ3n) is 6.30.